The van der Waals surface area contributed by atoms with Crippen molar-refractivity contribution in [3.05, 3.63) is 45.4 Å². The minimum atomic E-state index is -0.461. The minimum Gasteiger partial charge on any atom is -0.462 e. The van der Waals surface area contributed by atoms with Gasteiger partial charge in [0.15, 0.2) is 5.13 Å². The first-order valence-corrected chi connectivity index (χ1v) is 9.08. The molecule has 0 aliphatic carbocycles. The fourth-order valence-electron chi connectivity index (χ4n) is 2.04. The number of hydrogen-bond acceptors (Lipinski definition) is 6. The number of anilines is 1. The number of halogens is 1. The third-order valence-corrected chi connectivity index (χ3v) is 4.52. The summed E-state index contributed by atoms with van der Waals surface area (Å²) in [7, 11) is 0. The van der Waals surface area contributed by atoms with Crippen LogP contribution in [0.5, 0.6) is 0 Å². The number of esters is 1. The van der Waals surface area contributed by atoms with Crippen molar-refractivity contribution in [1.29, 1.82) is 0 Å². The molecule has 138 valence electrons. The molecule has 9 heteroatoms. The van der Waals surface area contributed by atoms with E-state index in [1.165, 1.54) is 0 Å². The summed E-state index contributed by atoms with van der Waals surface area (Å²) in [5.74, 6) is -1.09. The molecule has 0 spiro atoms. The van der Waals surface area contributed by atoms with Crippen LogP contribution < -0.4 is 10.6 Å². The van der Waals surface area contributed by atoms with Crippen LogP contribution in [0.1, 0.15) is 39.1 Å². The first-order valence-electron chi connectivity index (χ1n) is 7.89. The average Bonchev–Trinajstić information content (AvgIpc) is 2.95. The maximum atomic E-state index is 12.0. The Kier molecular flexibility index (Phi) is 7.11. The second-order valence-corrected chi connectivity index (χ2v) is 6.65. The van der Waals surface area contributed by atoms with E-state index in [1.54, 1.807) is 38.1 Å². The fraction of sp³-hybridized carbons (Fsp3) is 0.294. The quantitative estimate of drug-likeness (QED) is 0.702. The predicted octanol–water partition coefficient (Wildman–Crippen LogP) is 3.04. The lowest BCUT2D eigenvalue weighted by Gasteiger charge is -2.05. The van der Waals surface area contributed by atoms with Gasteiger partial charge in [-0.15, -0.1) is 0 Å². The molecular weight excluding hydrogens is 378 g/mol. The first kappa shape index (κ1) is 19.9. The second kappa shape index (κ2) is 9.30. The van der Waals surface area contributed by atoms with Gasteiger partial charge in [0.05, 0.1) is 12.3 Å². The molecule has 0 bridgehead atoms. The topological polar surface area (TPSA) is 97.4 Å². The second-order valence-electron chi connectivity index (χ2n) is 5.22. The molecule has 2 rings (SSSR count). The number of rotatable bonds is 7. The Morgan fingerprint density at radius 3 is 2.77 bits per heavy atom. The fourth-order valence-corrected chi connectivity index (χ4v) is 3.11. The van der Waals surface area contributed by atoms with Gasteiger partial charge in [-0.2, -0.15) is 0 Å². The van der Waals surface area contributed by atoms with E-state index < -0.39 is 5.97 Å². The number of aromatic nitrogens is 1. The highest BCUT2D eigenvalue weighted by atomic mass is 35.5. The number of amides is 2. The summed E-state index contributed by atoms with van der Waals surface area (Å²) in [6.45, 7) is 3.81. The van der Waals surface area contributed by atoms with Crippen LogP contribution >= 0.6 is 22.9 Å². The Bertz CT molecular complexity index is 822. The standard InChI is InChI=1S/C17H18ClN3O4S/c1-3-25-16(24)14-10(2)20-17(26-14)21-13(22)7-8-19-15(23)11-5-4-6-12(18)9-11/h4-6,9H,3,7-8H2,1-2H3,(H,19,23)(H,20,21,22). The van der Waals surface area contributed by atoms with Gasteiger partial charge in [-0.05, 0) is 32.0 Å². The highest BCUT2D eigenvalue weighted by Crippen LogP contribution is 2.23. The van der Waals surface area contributed by atoms with Crippen LogP contribution in [-0.2, 0) is 9.53 Å². The molecule has 0 saturated heterocycles. The number of carbonyl (C=O) groups excluding carboxylic acids is 3. The monoisotopic (exact) mass is 395 g/mol. The largest absolute Gasteiger partial charge is 0.462 e. The minimum absolute atomic E-state index is 0.0691. The van der Waals surface area contributed by atoms with Crippen LogP contribution in [0.2, 0.25) is 5.02 Å². The molecule has 0 aliphatic heterocycles. The van der Waals surface area contributed by atoms with E-state index in [2.05, 4.69) is 15.6 Å². The maximum absolute atomic E-state index is 12.0. The zero-order valence-electron chi connectivity index (χ0n) is 14.3. The zero-order valence-corrected chi connectivity index (χ0v) is 15.9. The normalized spacial score (nSPS) is 10.3. The molecule has 0 saturated carbocycles. The lowest BCUT2D eigenvalue weighted by molar-refractivity contribution is -0.116. The number of nitrogens with zero attached hydrogens (tertiary/aromatic N) is 1. The number of aryl methyl sites for hydroxylation is 1. The molecule has 1 aromatic heterocycles. The van der Waals surface area contributed by atoms with Crippen LogP contribution in [-0.4, -0.2) is 35.9 Å². The van der Waals surface area contributed by atoms with Crippen molar-refractivity contribution in [2.75, 3.05) is 18.5 Å². The Morgan fingerprint density at radius 2 is 2.08 bits per heavy atom. The zero-order chi connectivity index (χ0) is 19.1. The summed E-state index contributed by atoms with van der Waals surface area (Å²) in [6, 6.07) is 6.53. The number of benzene rings is 1. The van der Waals surface area contributed by atoms with Crippen LogP contribution in [0.25, 0.3) is 0 Å². The van der Waals surface area contributed by atoms with Gasteiger partial charge >= 0.3 is 5.97 Å². The summed E-state index contributed by atoms with van der Waals surface area (Å²) in [5.41, 5.74) is 0.922. The molecule has 0 radical (unpaired) electrons. The molecule has 2 N–H and O–H groups in total. The Labute approximate surface area is 159 Å². The van der Waals surface area contributed by atoms with Crippen molar-refractivity contribution < 1.29 is 19.1 Å². The highest BCUT2D eigenvalue weighted by Gasteiger charge is 2.17. The number of nitrogens with one attached hydrogen (secondary N) is 2. The van der Waals surface area contributed by atoms with E-state index in [4.69, 9.17) is 16.3 Å². The number of ether oxygens (including phenoxy) is 1. The van der Waals surface area contributed by atoms with Gasteiger partial charge in [-0.3, -0.25) is 9.59 Å². The lowest BCUT2D eigenvalue weighted by Crippen LogP contribution is -2.27. The van der Waals surface area contributed by atoms with Crippen molar-refractivity contribution in [2.24, 2.45) is 0 Å². The van der Waals surface area contributed by atoms with Crippen LogP contribution in [0.4, 0.5) is 5.13 Å². The number of thiazole rings is 1. The van der Waals surface area contributed by atoms with Crippen molar-refractivity contribution in [2.45, 2.75) is 20.3 Å². The van der Waals surface area contributed by atoms with E-state index >= 15 is 0 Å². The van der Waals surface area contributed by atoms with Crippen LogP contribution in [0, 0.1) is 6.92 Å². The van der Waals surface area contributed by atoms with Gasteiger partial charge in [-0.25, -0.2) is 9.78 Å². The SMILES string of the molecule is CCOC(=O)c1sc(NC(=O)CCNC(=O)c2cccc(Cl)c2)nc1C. The van der Waals surface area contributed by atoms with E-state index in [1.807, 2.05) is 0 Å². The number of hydrogen-bond donors (Lipinski definition) is 2. The van der Waals surface area contributed by atoms with E-state index in [0.717, 1.165) is 11.3 Å². The third-order valence-electron chi connectivity index (χ3n) is 3.23. The summed E-state index contributed by atoms with van der Waals surface area (Å²) in [4.78, 5) is 40.2. The average molecular weight is 396 g/mol. The molecule has 0 unspecified atom stereocenters. The van der Waals surface area contributed by atoms with E-state index in [-0.39, 0.29) is 31.4 Å². The highest BCUT2D eigenvalue weighted by molar-refractivity contribution is 7.17. The van der Waals surface area contributed by atoms with Gasteiger partial charge in [0.25, 0.3) is 5.91 Å². The Morgan fingerprint density at radius 1 is 1.31 bits per heavy atom. The molecule has 0 aliphatic rings. The van der Waals surface area contributed by atoms with E-state index in [9.17, 15) is 14.4 Å². The summed E-state index contributed by atoms with van der Waals surface area (Å²) >= 11 is 6.89. The molecule has 0 fully saturated rings. The number of carbonyl (C=O) groups is 3. The van der Waals surface area contributed by atoms with Crippen molar-refractivity contribution in [1.82, 2.24) is 10.3 Å². The van der Waals surface area contributed by atoms with E-state index in [0.29, 0.717) is 26.3 Å². The Hall–Kier alpha value is -2.45. The third kappa shape index (κ3) is 5.53. The summed E-state index contributed by atoms with van der Waals surface area (Å²) < 4.78 is 4.93. The molecule has 2 aromatic rings. The van der Waals surface area contributed by atoms with Crippen molar-refractivity contribution in [3.63, 3.8) is 0 Å². The smallest absolute Gasteiger partial charge is 0.350 e. The molecular formula is C17H18ClN3O4S. The predicted molar refractivity (Wildman–Crippen MR) is 99.8 cm³/mol. The van der Waals surface area contributed by atoms with Gasteiger partial charge in [0.2, 0.25) is 5.91 Å². The summed E-state index contributed by atoms with van der Waals surface area (Å²) in [5, 5.41) is 6.04. The summed E-state index contributed by atoms with van der Waals surface area (Å²) in [6.07, 6.45) is 0.0691. The molecule has 26 heavy (non-hydrogen) atoms. The first-order chi connectivity index (χ1) is 12.4. The molecule has 0 atom stereocenters. The van der Waals surface area contributed by atoms with Crippen LogP contribution in [0.3, 0.4) is 0 Å². The molecule has 1 heterocycles. The van der Waals surface area contributed by atoms with Crippen molar-refractivity contribution in [3.8, 4) is 0 Å². The molecule has 2 amide bonds. The van der Waals surface area contributed by atoms with Crippen LogP contribution in [0.15, 0.2) is 24.3 Å². The Balaban J connectivity index is 1.83. The van der Waals surface area contributed by atoms with Gasteiger partial charge in [-0.1, -0.05) is 29.0 Å². The van der Waals surface area contributed by atoms with Crippen molar-refractivity contribution >= 4 is 45.9 Å². The lowest BCUT2D eigenvalue weighted by atomic mass is 10.2. The van der Waals surface area contributed by atoms with Gasteiger partial charge < -0.3 is 15.4 Å². The van der Waals surface area contributed by atoms with Gasteiger partial charge in [0, 0.05) is 23.6 Å². The van der Waals surface area contributed by atoms with Gasteiger partial charge in [0.1, 0.15) is 4.88 Å². The molecule has 1 aromatic carbocycles. The molecule has 7 nitrogen and oxygen atoms in total. The maximum Gasteiger partial charge on any atom is 0.350 e.